The van der Waals surface area contributed by atoms with E-state index in [4.69, 9.17) is 0 Å². The van der Waals surface area contributed by atoms with Gasteiger partial charge in [-0.15, -0.1) is 11.3 Å². The van der Waals surface area contributed by atoms with Gasteiger partial charge in [0.05, 0.1) is 4.88 Å². The monoisotopic (exact) mass is 223 g/mol. The van der Waals surface area contributed by atoms with E-state index in [1.54, 1.807) is 0 Å². The Morgan fingerprint density at radius 2 is 2.27 bits per heavy atom. The summed E-state index contributed by atoms with van der Waals surface area (Å²) in [5.41, 5.74) is 0. The molecule has 2 nitrogen and oxygen atoms in total. The van der Waals surface area contributed by atoms with Crippen LogP contribution in [0.1, 0.15) is 42.3 Å². The normalized spacial score (nSPS) is 26.2. The molecule has 82 valence electrons. The van der Waals surface area contributed by atoms with Gasteiger partial charge in [0.25, 0.3) is 5.91 Å². The van der Waals surface area contributed by atoms with Gasteiger partial charge in [0, 0.05) is 6.04 Å². The molecule has 2 atom stereocenters. The quantitative estimate of drug-likeness (QED) is 0.820. The molecule has 0 spiro atoms. The van der Waals surface area contributed by atoms with Crippen molar-refractivity contribution in [3.63, 3.8) is 0 Å². The van der Waals surface area contributed by atoms with E-state index in [0.717, 1.165) is 11.3 Å². The van der Waals surface area contributed by atoms with Crippen LogP contribution in [-0.4, -0.2) is 11.9 Å². The van der Waals surface area contributed by atoms with Crippen LogP contribution >= 0.6 is 11.3 Å². The maximum absolute atomic E-state index is 11.8. The van der Waals surface area contributed by atoms with Crippen molar-refractivity contribution < 1.29 is 4.79 Å². The van der Waals surface area contributed by atoms with Crippen molar-refractivity contribution in [2.45, 2.75) is 38.6 Å². The fourth-order valence-corrected chi connectivity index (χ4v) is 2.80. The van der Waals surface area contributed by atoms with Crippen molar-refractivity contribution >= 4 is 17.2 Å². The molecule has 0 saturated heterocycles. The van der Waals surface area contributed by atoms with E-state index in [-0.39, 0.29) is 5.91 Å². The molecule has 0 radical (unpaired) electrons. The first-order chi connectivity index (χ1) is 7.27. The van der Waals surface area contributed by atoms with Crippen LogP contribution in [0.15, 0.2) is 17.5 Å². The van der Waals surface area contributed by atoms with Crippen LogP contribution < -0.4 is 5.32 Å². The Hall–Kier alpha value is -0.830. The summed E-state index contributed by atoms with van der Waals surface area (Å²) >= 11 is 1.51. The van der Waals surface area contributed by atoms with Gasteiger partial charge in [-0.25, -0.2) is 0 Å². The zero-order valence-electron chi connectivity index (χ0n) is 9.03. The first-order valence-electron chi connectivity index (χ1n) is 5.62. The lowest BCUT2D eigenvalue weighted by Gasteiger charge is -2.29. The average molecular weight is 223 g/mol. The van der Waals surface area contributed by atoms with Gasteiger partial charge in [-0.2, -0.15) is 0 Å². The van der Waals surface area contributed by atoms with Gasteiger partial charge in [-0.3, -0.25) is 4.79 Å². The molecule has 2 rings (SSSR count). The maximum atomic E-state index is 11.8. The van der Waals surface area contributed by atoms with Gasteiger partial charge < -0.3 is 5.32 Å². The van der Waals surface area contributed by atoms with Crippen molar-refractivity contribution in [1.82, 2.24) is 5.32 Å². The van der Waals surface area contributed by atoms with Gasteiger partial charge in [0.15, 0.2) is 0 Å². The van der Waals surface area contributed by atoms with E-state index in [1.807, 2.05) is 17.5 Å². The minimum atomic E-state index is 0.101. The second kappa shape index (κ2) is 4.79. The smallest absolute Gasteiger partial charge is 0.261 e. The molecule has 1 N–H and O–H groups in total. The first kappa shape index (κ1) is 10.7. The molecule has 1 aliphatic rings. The number of carbonyl (C=O) groups is 1. The van der Waals surface area contributed by atoms with Crippen molar-refractivity contribution in [2.75, 3.05) is 0 Å². The van der Waals surface area contributed by atoms with Gasteiger partial charge >= 0.3 is 0 Å². The lowest BCUT2D eigenvalue weighted by Crippen LogP contribution is -2.40. The number of thiophene rings is 1. The van der Waals surface area contributed by atoms with Crippen LogP contribution in [0.3, 0.4) is 0 Å². The molecule has 3 heteroatoms. The van der Waals surface area contributed by atoms with E-state index in [9.17, 15) is 4.79 Å². The molecule has 1 amide bonds. The molecule has 1 saturated carbocycles. The summed E-state index contributed by atoms with van der Waals surface area (Å²) in [4.78, 5) is 12.6. The van der Waals surface area contributed by atoms with Crippen LogP contribution in [0.4, 0.5) is 0 Å². The van der Waals surface area contributed by atoms with Crippen LogP contribution in [0.5, 0.6) is 0 Å². The highest BCUT2D eigenvalue weighted by atomic mass is 32.1. The second-order valence-corrected chi connectivity index (χ2v) is 5.27. The van der Waals surface area contributed by atoms with E-state index >= 15 is 0 Å². The molecular weight excluding hydrogens is 206 g/mol. The van der Waals surface area contributed by atoms with Crippen molar-refractivity contribution in [2.24, 2.45) is 5.92 Å². The maximum Gasteiger partial charge on any atom is 0.261 e. The number of carbonyl (C=O) groups excluding carboxylic acids is 1. The highest BCUT2D eigenvalue weighted by Crippen LogP contribution is 2.24. The molecule has 0 bridgehead atoms. The van der Waals surface area contributed by atoms with E-state index in [1.165, 1.54) is 30.6 Å². The molecule has 1 fully saturated rings. The molecule has 1 aromatic heterocycles. The summed E-state index contributed by atoms with van der Waals surface area (Å²) in [6, 6.07) is 4.19. The Kier molecular flexibility index (Phi) is 3.41. The highest BCUT2D eigenvalue weighted by Gasteiger charge is 2.23. The van der Waals surface area contributed by atoms with Crippen molar-refractivity contribution in [3.8, 4) is 0 Å². The zero-order valence-corrected chi connectivity index (χ0v) is 9.85. The molecule has 0 aromatic carbocycles. The third-order valence-electron chi connectivity index (χ3n) is 3.17. The van der Waals surface area contributed by atoms with Crippen LogP contribution in [0.2, 0.25) is 0 Å². The number of amides is 1. The number of nitrogens with one attached hydrogen (secondary N) is 1. The van der Waals surface area contributed by atoms with E-state index in [0.29, 0.717) is 12.0 Å². The summed E-state index contributed by atoms with van der Waals surface area (Å²) in [6.45, 7) is 2.23. The molecule has 1 aromatic rings. The number of rotatable bonds is 2. The Morgan fingerprint density at radius 1 is 1.47 bits per heavy atom. The van der Waals surface area contributed by atoms with Crippen LogP contribution in [0, 0.1) is 5.92 Å². The van der Waals surface area contributed by atoms with Crippen LogP contribution in [-0.2, 0) is 0 Å². The van der Waals surface area contributed by atoms with E-state index < -0.39 is 0 Å². The predicted octanol–water partition coefficient (Wildman–Crippen LogP) is 3.06. The summed E-state index contributed by atoms with van der Waals surface area (Å²) in [5, 5.41) is 5.09. The lowest BCUT2D eigenvalue weighted by molar-refractivity contribution is 0.0914. The van der Waals surface area contributed by atoms with Gasteiger partial charge in [-0.05, 0) is 30.2 Å². The lowest BCUT2D eigenvalue weighted by atomic mass is 9.86. The largest absolute Gasteiger partial charge is 0.348 e. The molecule has 1 aliphatic carbocycles. The molecular formula is C12H17NOS. The fraction of sp³-hybridized carbons (Fsp3) is 0.583. The minimum Gasteiger partial charge on any atom is -0.348 e. The standard InChI is InChI=1S/C12H17NOS/c1-9-5-2-3-6-10(9)13-12(14)11-7-4-8-15-11/h4,7-10H,2-3,5-6H2,1H3,(H,13,14)/t9-,10-/m0/s1. The topological polar surface area (TPSA) is 29.1 Å². The Balaban J connectivity index is 1.93. The minimum absolute atomic E-state index is 0.101. The van der Waals surface area contributed by atoms with E-state index in [2.05, 4.69) is 12.2 Å². The number of hydrogen-bond donors (Lipinski definition) is 1. The van der Waals surface area contributed by atoms with Gasteiger partial charge in [-0.1, -0.05) is 25.8 Å². The zero-order chi connectivity index (χ0) is 10.7. The van der Waals surface area contributed by atoms with Crippen LogP contribution in [0.25, 0.3) is 0 Å². The van der Waals surface area contributed by atoms with Crippen molar-refractivity contribution in [3.05, 3.63) is 22.4 Å². The summed E-state index contributed by atoms with van der Waals surface area (Å²) < 4.78 is 0. The summed E-state index contributed by atoms with van der Waals surface area (Å²) in [5.74, 6) is 0.728. The van der Waals surface area contributed by atoms with Gasteiger partial charge in [0.2, 0.25) is 0 Å². The number of hydrogen-bond acceptors (Lipinski definition) is 2. The first-order valence-corrected chi connectivity index (χ1v) is 6.49. The second-order valence-electron chi connectivity index (χ2n) is 4.32. The summed E-state index contributed by atoms with van der Waals surface area (Å²) in [7, 11) is 0. The summed E-state index contributed by atoms with van der Waals surface area (Å²) in [6.07, 6.45) is 4.94. The molecule has 1 heterocycles. The SMILES string of the molecule is C[C@H]1CCCC[C@@H]1NC(=O)c1cccs1. The predicted molar refractivity (Wildman–Crippen MR) is 63.2 cm³/mol. The highest BCUT2D eigenvalue weighted by molar-refractivity contribution is 7.12. The average Bonchev–Trinajstić information content (AvgIpc) is 2.74. The third-order valence-corrected chi connectivity index (χ3v) is 4.04. The third kappa shape index (κ3) is 2.59. The molecule has 15 heavy (non-hydrogen) atoms. The Labute approximate surface area is 94.7 Å². The molecule has 0 aliphatic heterocycles. The Morgan fingerprint density at radius 3 is 2.93 bits per heavy atom. The fourth-order valence-electron chi connectivity index (χ4n) is 2.18. The Bertz CT molecular complexity index is 320. The van der Waals surface area contributed by atoms with Gasteiger partial charge in [0.1, 0.15) is 0 Å². The van der Waals surface area contributed by atoms with Crippen molar-refractivity contribution in [1.29, 1.82) is 0 Å². The molecule has 0 unspecified atom stereocenters.